The molecular weight excluding hydrogens is 324 g/mol. The van der Waals surface area contributed by atoms with Gasteiger partial charge in [-0.1, -0.05) is 6.42 Å². The molecule has 0 bridgehead atoms. The number of hydrogen-bond donors (Lipinski definition) is 2. The van der Waals surface area contributed by atoms with Crippen molar-refractivity contribution in [2.24, 2.45) is 4.99 Å². The zero-order valence-electron chi connectivity index (χ0n) is 17.5. The molecule has 0 spiro atoms. The molecule has 0 radical (unpaired) electrons. The molecule has 152 valence electrons. The third-order valence-electron chi connectivity index (χ3n) is 5.83. The number of piperidine rings is 1. The topological polar surface area (TPSA) is 46.1 Å². The Morgan fingerprint density at radius 1 is 0.923 bits per heavy atom. The molecule has 26 heavy (non-hydrogen) atoms. The summed E-state index contributed by atoms with van der Waals surface area (Å²) in [4.78, 5) is 12.0. The van der Waals surface area contributed by atoms with Gasteiger partial charge in [0.15, 0.2) is 5.96 Å². The molecule has 2 rings (SSSR count). The van der Waals surface area contributed by atoms with Crippen LogP contribution in [0.15, 0.2) is 4.99 Å². The van der Waals surface area contributed by atoms with Gasteiger partial charge in [-0.2, -0.15) is 0 Å². The number of likely N-dealkylation sites (N-methyl/N-ethyl adjacent to an activating group) is 1. The van der Waals surface area contributed by atoms with Crippen LogP contribution in [0.4, 0.5) is 0 Å². The summed E-state index contributed by atoms with van der Waals surface area (Å²) >= 11 is 0. The zero-order chi connectivity index (χ0) is 18.6. The first-order valence-electron chi connectivity index (χ1n) is 10.8. The highest BCUT2D eigenvalue weighted by atomic mass is 15.2. The fourth-order valence-corrected chi connectivity index (χ4v) is 4.03. The molecule has 0 aromatic rings. The van der Waals surface area contributed by atoms with Crippen molar-refractivity contribution >= 4 is 5.96 Å². The van der Waals surface area contributed by atoms with Crippen LogP contribution in [0.3, 0.4) is 0 Å². The zero-order valence-corrected chi connectivity index (χ0v) is 17.5. The molecule has 2 aliphatic rings. The van der Waals surface area contributed by atoms with Crippen LogP contribution in [0.2, 0.25) is 0 Å². The van der Waals surface area contributed by atoms with E-state index in [9.17, 15) is 0 Å². The van der Waals surface area contributed by atoms with Gasteiger partial charge in [0.1, 0.15) is 0 Å². The Bertz CT molecular complexity index is 400. The van der Waals surface area contributed by atoms with Gasteiger partial charge in [0.2, 0.25) is 0 Å². The summed E-state index contributed by atoms with van der Waals surface area (Å²) in [7, 11) is 4.10. The number of nitrogens with one attached hydrogen (secondary N) is 2. The standard InChI is InChI=1S/C20H42N6/c1-19-9-4-5-15-26(19)16-7-11-23-20(21-2)22-10-6-13-25-14-8-12-24(3)17-18-25/h19H,4-18H2,1-3H3,(H2,21,22,23). The van der Waals surface area contributed by atoms with E-state index >= 15 is 0 Å². The van der Waals surface area contributed by atoms with Crippen LogP contribution in [0, 0.1) is 0 Å². The first-order valence-corrected chi connectivity index (χ1v) is 10.8. The van der Waals surface area contributed by atoms with E-state index in [2.05, 4.69) is 44.3 Å². The van der Waals surface area contributed by atoms with E-state index < -0.39 is 0 Å². The van der Waals surface area contributed by atoms with Gasteiger partial charge in [0.25, 0.3) is 0 Å². The Morgan fingerprint density at radius 2 is 1.69 bits per heavy atom. The second kappa shape index (κ2) is 12.5. The minimum absolute atomic E-state index is 0.764. The highest BCUT2D eigenvalue weighted by Crippen LogP contribution is 2.15. The van der Waals surface area contributed by atoms with Crippen molar-refractivity contribution in [2.45, 2.75) is 51.5 Å². The van der Waals surface area contributed by atoms with Crippen molar-refractivity contribution in [3.63, 3.8) is 0 Å². The molecule has 2 saturated heterocycles. The summed E-state index contributed by atoms with van der Waals surface area (Å²) in [6.07, 6.45) is 7.80. The maximum atomic E-state index is 4.36. The minimum Gasteiger partial charge on any atom is -0.356 e. The third kappa shape index (κ3) is 8.23. The minimum atomic E-state index is 0.764. The predicted molar refractivity (Wildman–Crippen MR) is 112 cm³/mol. The average molecular weight is 367 g/mol. The average Bonchev–Trinajstić information content (AvgIpc) is 2.86. The summed E-state index contributed by atoms with van der Waals surface area (Å²) in [5, 5.41) is 6.94. The number of nitrogens with zero attached hydrogens (tertiary/aromatic N) is 4. The SMILES string of the molecule is CN=C(NCCCN1CCCN(C)CC1)NCCCN1CCCCC1C. The summed E-state index contributed by atoms with van der Waals surface area (Å²) in [6, 6.07) is 0.764. The molecule has 2 aliphatic heterocycles. The van der Waals surface area contributed by atoms with Crippen LogP contribution in [0.25, 0.3) is 0 Å². The van der Waals surface area contributed by atoms with E-state index in [-0.39, 0.29) is 0 Å². The summed E-state index contributed by atoms with van der Waals surface area (Å²) in [5.74, 6) is 0.951. The van der Waals surface area contributed by atoms with Crippen LogP contribution in [-0.4, -0.2) is 99.7 Å². The summed E-state index contributed by atoms with van der Waals surface area (Å²) in [6.45, 7) is 12.9. The van der Waals surface area contributed by atoms with E-state index in [0.29, 0.717) is 0 Å². The van der Waals surface area contributed by atoms with Gasteiger partial charge in [-0.25, -0.2) is 0 Å². The molecule has 0 aromatic heterocycles. The first kappa shape index (κ1) is 21.5. The van der Waals surface area contributed by atoms with Gasteiger partial charge in [0.05, 0.1) is 0 Å². The van der Waals surface area contributed by atoms with E-state index in [1.54, 1.807) is 0 Å². The molecule has 2 heterocycles. The number of guanidine groups is 1. The van der Waals surface area contributed by atoms with E-state index in [1.165, 1.54) is 84.3 Å². The maximum Gasteiger partial charge on any atom is 0.190 e. The quantitative estimate of drug-likeness (QED) is 0.387. The maximum absolute atomic E-state index is 4.36. The fraction of sp³-hybridized carbons (Fsp3) is 0.950. The molecule has 2 N–H and O–H groups in total. The number of rotatable bonds is 8. The lowest BCUT2D eigenvalue weighted by molar-refractivity contribution is 0.159. The smallest absolute Gasteiger partial charge is 0.190 e. The predicted octanol–water partition coefficient (Wildman–Crippen LogP) is 1.44. The van der Waals surface area contributed by atoms with Crippen molar-refractivity contribution in [1.82, 2.24) is 25.3 Å². The van der Waals surface area contributed by atoms with Gasteiger partial charge in [-0.05, 0) is 72.3 Å². The highest BCUT2D eigenvalue weighted by Gasteiger charge is 2.17. The number of likely N-dealkylation sites (tertiary alicyclic amines) is 1. The van der Waals surface area contributed by atoms with Crippen molar-refractivity contribution in [1.29, 1.82) is 0 Å². The molecular formula is C20H42N6. The number of hydrogen-bond acceptors (Lipinski definition) is 4. The molecule has 2 fully saturated rings. The molecule has 0 saturated carbocycles. The van der Waals surface area contributed by atoms with Gasteiger partial charge < -0.3 is 25.3 Å². The van der Waals surface area contributed by atoms with Gasteiger partial charge in [0, 0.05) is 45.8 Å². The summed E-state index contributed by atoms with van der Waals surface area (Å²) < 4.78 is 0. The lowest BCUT2D eigenvalue weighted by Crippen LogP contribution is -2.42. The Labute approximate surface area is 161 Å². The van der Waals surface area contributed by atoms with Crippen LogP contribution in [-0.2, 0) is 0 Å². The molecule has 1 atom stereocenters. The van der Waals surface area contributed by atoms with E-state index in [4.69, 9.17) is 0 Å². The molecule has 0 aromatic carbocycles. The molecule has 6 nitrogen and oxygen atoms in total. The second-order valence-corrected chi connectivity index (χ2v) is 8.01. The first-order chi connectivity index (χ1) is 12.7. The molecule has 0 amide bonds. The van der Waals surface area contributed by atoms with Gasteiger partial charge in [-0.3, -0.25) is 4.99 Å². The second-order valence-electron chi connectivity index (χ2n) is 8.01. The van der Waals surface area contributed by atoms with Crippen molar-refractivity contribution in [3.05, 3.63) is 0 Å². The monoisotopic (exact) mass is 366 g/mol. The Balaban J connectivity index is 1.51. The van der Waals surface area contributed by atoms with Crippen molar-refractivity contribution < 1.29 is 0 Å². The molecule has 6 heteroatoms. The van der Waals surface area contributed by atoms with Gasteiger partial charge >= 0.3 is 0 Å². The van der Waals surface area contributed by atoms with E-state index in [0.717, 1.165) is 25.1 Å². The van der Waals surface area contributed by atoms with Gasteiger partial charge in [-0.15, -0.1) is 0 Å². The van der Waals surface area contributed by atoms with Crippen LogP contribution < -0.4 is 10.6 Å². The third-order valence-corrected chi connectivity index (χ3v) is 5.83. The lowest BCUT2D eigenvalue weighted by Gasteiger charge is -2.33. The summed E-state index contributed by atoms with van der Waals surface area (Å²) in [5.41, 5.74) is 0. The van der Waals surface area contributed by atoms with Crippen LogP contribution in [0.5, 0.6) is 0 Å². The Kier molecular flexibility index (Phi) is 10.3. The largest absolute Gasteiger partial charge is 0.356 e. The number of aliphatic imine (C=N–C) groups is 1. The lowest BCUT2D eigenvalue weighted by atomic mass is 10.0. The van der Waals surface area contributed by atoms with Crippen molar-refractivity contribution in [2.75, 3.05) is 73.0 Å². The normalized spacial score (nSPS) is 24.4. The van der Waals surface area contributed by atoms with Crippen molar-refractivity contribution in [3.8, 4) is 0 Å². The Morgan fingerprint density at radius 3 is 2.42 bits per heavy atom. The van der Waals surface area contributed by atoms with Crippen LogP contribution in [0.1, 0.15) is 45.4 Å². The van der Waals surface area contributed by atoms with E-state index in [1.807, 2.05) is 7.05 Å². The highest BCUT2D eigenvalue weighted by molar-refractivity contribution is 5.79. The fourth-order valence-electron chi connectivity index (χ4n) is 4.03. The van der Waals surface area contributed by atoms with Crippen LogP contribution >= 0.6 is 0 Å². The Hall–Kier alpha value is -0.850. The molecule has 0 aliphatic carbocycles. The molecule has 1 unspecified atom stereocenters.